The lowest BCUT2D eigenvalue weighted by atomic mass is 9.78. The predicted octanol–water partition coefficient (Wildman–Crippen LogP) is 4.33. The van der Waals surface area contributed by atoms with Crippen molar-refractivity contribution in [2.45, 2.75) is 38.1 Å². The molecule has 0 saturated heterocycles. The van der Waals surface area contributed by atoms with Crippen LogP contribution in [-0.4, -0.2) is 5.54 Å². The highest BCUT2D eigenvalue weighted by Crippen LogP contribution is 2.34. The molecule has 2 nitrogen and oxygen atoms in total. The molecule has 2 rings (SSSR count). The highest BCUT2D eigenvalue weighted by atomic mass is 79.9. The van der Waals surface area contributed by atoms with Crippen LogP contribution in [0.4, 0.5) is 5.69 Å². The van der Waals surface area contributed by atoms with Gasteiger partial charge >= 0.3 is 0 Å². The number of halogens is 1. The zero-order valence-corrected chi connectivity index (χ0v) is 11.6. The number of rotatable bonds is 2. The number of nitrogens with zero attached hydrogens (tertiary/aromatic N) is 1. The third-order valence-electron chi connectivity index (χ3n) is 3.55. The second kappa shape index (κ2) is 5.10. The Morgan fingerprint density at radius 2 is 2.12 bits per heavy atom. The first kappa shape index (κ1) is 12.4. The molecule has 90 valence electrons. The van der Waals surface area contributed by atoms with Gasteiger partial charge in [0.1, 0.15) is 5.54 Å². The first-order valence-corrected chi connectivity index (χ1v) is 6.88. The van der Waals surface area contributed by atoms with E-state index in [-0.39, 0.29) is 5.54 Å². The maximum atomic E-state index is 9.43. The third-order valence-corrected chi connectivity index (χ3v) is 4.04. The molecule has 1 aromatic rings. The Bertz CT molecular complexity index is 428. The summed E-state index contributed by atoms with van der Waals surface area (Å²) in [5, 5.41) is 12.8. The highest BCUT2D eigenvalue weighted by Gasteiger charge is 2.34. The van der Waals surface area contributed by atoms with Gasteiger partial charge in [-0.05, 0) is 49.8 Å². The Labute approximate surface area is 111 Å². The maximum absolute atomic E-state index is 9.43. The van der Waals surface area contributed by atoms with Crippen molar-refractivity contribution in [1.82, 2.24) is 0 Å². The molecule has 0 aromatic heterocycles. The fourth-order valence-electron chi connectivity index (χ4n) is 2.36. The molecule has 0 bridgehead atoms. The van der Waals surface area contributed by atoms with Crippen molar-refractivity contribution in [3.05, 3.63) is 28.7 Å². The van der Waals surface area contributed by atoms with Crippen molar-refractivity contribution in [3.8, 4) is 6.07 Å². The van der Waals surface area contributed by atoms with E-state index in [1.165, 1.54) is 0 Å². The van der Waals surface area contributed by atoms with E-state index in [1.807, 2.05) is 24.3 Å². The molecule has 0 amide bonds. The Morgan fingerprint density at radius 1 is 1.41 bits per heavy atom. The molecule has 17 heavy (non-hydrogen) atoms. The summed E-state index contributed by atoms with van der Waals surface area (Å²) >= 11 is 3.45. The lowest BCUT2D eigenvalue weighted by Gasteiger charge is -2.35. The molecule has 0 atom stereocenters. The minimum absolute atomic E-state index is 0.368. The summed E-state index contributed by atoms with van der Waals surface area (Å²) < 4.78 is 1.04. The van der Waals surface area contributed by atoms with Crippen LogP contribution in [0.1, 0.15) is 32.6 Å². The van der Waals surface area contributed by atoms with Crippen LogP contribution in [0.15, 0.2) is 28.7 Å². The van der Waals surface area contributed by atoms with Gasteiger partial charge in [0.25, 0.3) is 0 Å². The Morgan fingerprint density at radius 3 is 2.71 bits per heavy atom. The van der Waals surface area contributed by atoms with Gasteiger partial charge in [-0.2, -0.15) is 5.26 Å². The standard InChI is InChI=1S/C14H17BrN2/c1-11-5-7-14(10-16,8-6-11)17-13-4-2-3-12(15)9-13/h2-4,9,11,17H,5-8H2,1H3. The minimum Gasteiger partial charge on any atom is -0.367 e. The van der Waals surface area contributed by atoms with Gasteiger partial charge in [-0.3, -0.25) is 0 Å². The molecular weight excluding hydrogens is 276 g/mol. The normalized spacial score (nSPS) is 28.4. The van der Waals surface area contributed by atoms with Crippen LogP contribution in [-0.2, 0) is 0 Å². The van der Waals surface area contributed by atoms with Crippen LogP contribution in [0.3, 0.4) is 0 Å². The molecule has 1 aromatic carbocycles. The van der Waals surface area contributed by atoms with Crippen molar-refractivity contribution < 1.29 is 0 Å². The maximum Gasteiger partial charge on any atom is 0.125 e. The van der Waals surface area contributed by atoms with E-state index in [9.17, 15) is 5.26 Å². The molecule has 1 N–H and O–H groups in total. The van der Waals surface area contributed by atoms with Crippen LogP contribution in [0.25, 0.3) is 0 Å². The first-order chi connectivity index (χ1) is 8.13. The Hall–Kier alpha value is -1.01. The number of nitrogens with one attached hydrogen (secondary N) is 1. The molecule has 1 aliphatic carbocycles. The van der Waals surface area contributed by atoms with Crippen molar-refractivity contribution in [2.75, 3.05) is 5.32 Å². The molecule has 1 fully saturated rings. The van der Waals surface area contributed by atoms with Gasteiger partial charge < -0.3 is 5.32 Å². The fourth-order valence-corrected chi connectivity index (χ4v) is 2.76. The number of benzene rings is 1. The van der Waals surface area contributed by atoms with E-state index < -0.39 is 0 Å². The van der Waals surface area contributed by atoms with Crippen molar-refractivity contribution >= 4 is 21.6 Å². The topological polar surface area (TPSA) is 35.8 Å². The van der Waals surface area contributed by atoms with Crippen LogP contribution in [0.2, 0.25) is 0 Å². The lowest BCUT2D eigenvalue weighted by Crippen LogP contribution is -2.40. The number of anilines is 1. The highest BCUT2D eigenvalue weighted by molar-refractivity contribution is 9.10. The number of hydrogen-bond acceptors (Lipinski definition) is 2. The monoisotopic (exact) mass is 292 g/mol. The summed E-state index contributed by atoms with van der Waals surface area (Å²) in [6, 6.07) is 10.5. The summed E-state index contributed by atoms with van der Waals surface area (Å²) in [5.41, 5.74) is 0.656. The molecule has 1 aliphatic rings. The molecule has 0 spiro atoms. The van der Waals surface area contributed by atoms with Gasteiger partial charge in [0.15, 0.2) is 0 Å². The van der Waals surface area contributed by atoms with Crippen LogP contribution < -0.4 is 5.32 Å². The van der Waals surface area contributed by atoms with E-state index in [0.29, 0.717) is 0 Å². The van der Waals surface area contributed by atoms with E-state index >= 15 is 0 Å². The quantitative estimate of drug-likeness (QED) is 0.880. The SMILES string of the molecule is CC1CCC(C#N)(Nc2cccc(Br)c2)CC1. The van der Waals surface area contributed by atoms with Gasteiger partial charge in [0, 0.05) is 10.2 Å². The summed E-state index contributed by atoms with van der Waals surface area (Å²) in [6.07, 6.45) is 4.15. The van der Waals surface area contributed by atoms with Crippen molar-refractivity contribution in [2.24, 2.45) is 5.92 Å². The molecule has 0 aliphatic heterocycles. The van der Waals surface area contributed by atoms with Gasteiger partial charge in [0.2, 0.25) is 0 Å². The van der Waals surface area contributed by atoms with E-state index in [4.69, 9.17) is 0 Å². The van der Waals surface area contributed by atoms with Gasteiger partial charge in [-0.1, -0.05) is 28.9 Å². The van der Waals surface area contributed by atoms with E-state index in [1.54, 1.807) is 0 Å². The zero-order chi connectivity index (χ0) is 12.3. The summed E-state index contributed by atoms with van der Waals surface area (Å²) in [5.74, 6) is 0.751. The first-order valence-electron chi connectivity index (χ1n) is 6.08. The molecule has 0 radical (unpaired) electrons. The second-order valence-corrected chi connectivity index (χ2v) is 5.93. The fraction of sp³-hybridized carbons (Fsp3) is 0.500. The van der Waals surface area contributed by atoms with Crippen LogP contribution >= 0.6 is 15.9 Å². The Kier molecular flexibility index (Phi) is 3.73. The van der Waals surface area contributed by atoms with Crippen molar-refractivity contribution in [3.63, 3.8) is 0 Å². The molecule has 1 saturated carbocycles. The molecule has 0 unspecified atom stereocenters. The molecular formula is C14H17BrN2. The number of hydrogen-bond donors (Lipinski definition) is 1. The Balaban J connectivity index is 2.13. The average molecular weight is 293 g/mol. The third kappa shape index (κ3) is 3.01. The van der Waals surface area contributed by atoms with Crippen molar-refractivity contribution in [1.29, 1.82) is 5.26 Å². The summed E-state index contributed by atoms with van der Waals surface area (Å²) in [4.78, 5) is 0. The summed E-state index contributed by atoms with van der Waals surface area (Å²) in [7, 11) is 0. The summed E-state index contributed by atoms with van der Waals surface area (Å²) in [6.45, 7) is 2.26. The lowest BCUT2D eigenvalue weighted by molar-refractivity contribution is 0.314. The van der Waals surface area contributed by atoms with Gasteiger partial charge in [-0.15, -0.1) is 0 Å². The van der Waals surface area contributed by atoms with Crippen LogP contribution in [0, 0.1) is 17.2 Å². The average Bonchev–Trinajstić information content (AvgIpc) is 2.33. The van der Waals surface area contributed by atoms with Gasteiger partial charge in [-0.25, -0.2) is 0 Å². The smallest absolute Gasteiger partial charge is 0.125 e. The van der Waals surface area contributed by atoms with Gasteiger partial charge in [0.05, 0.1) is 6.07 Å². The predicted molar refractivity (Wildman–Crippen MR) is 73.7 cm³/mol. The minimum atomic E-state index is -0.368. The second-order valence-electron chi connectivity index (χ2n) is 5.01. The zero-order valence-electron chi connectivity index (χ0n) is 10.0. The number of nitriles is 1. The largest absolute Gasteiger partial charge is 0.367 e. The molecule has 3 heteroatoms. The van der Waals surface area contributed by atoms with Crippen LogP contribution in [0.5, 0.6) is 0 Å². The van der Waals surface area contributed by atoms with E-state index in [0.717, 1.165) is 41.8 Å². The van der Waals surface area contributed by atoms with E-state index in [2.05, 4.69) is 34.2 Å². The molecule has 0 heterocycles.